The molecule has 0 radical (unpaired) electrons. The number of hydrogen-bond acceptors (Lipinski definition) is 3. The molecule has 7 heteroatoms. The molecule has 0 spiro atoms. The van der Waals surface area contributed by atoms with Crippen molar-refractivity contribution in [3.63, 3.8) is 0 Å². The van der Waals surface area contributed by atoms with Crippen LogP contribution < -0.4 is 11.1 Å². The molecule has 1 amide bonds. The predicted octanol–water partition coefficient (Wildman–Crippen LogP) is 2.38. The molecule has 0 aliphatic carbocycles. The highest BCUT2D eigenvalue weighted by Gasteiger charge is 2.23. The Morgan fingerprint density at radius 3 is 2.79 bits per heavy atom. The number of halogens is 2. The Labute approximate surface area is 119 Å². The van der Waals surface area contributed by atoms with Crippen LogP contribution in [0.3, 0.4) is 0 Å². The Hall–Kier alpha value is -1.46. The second-order valence-corrected chi connectivity index (χ2v) is 5.41. The summed E-state index contributed by atoms with van der Waals surface area (Å²) in [6, 6.07) is 3.56. The second-order valence-electron chi connectivity index (χ2n) is 4.59. The van der Waals surface area contributed by atoms with E-state index in [1.54, 1.807) is 12.1 Å². The number of rotatable bonds is 1. The quantitative estimate of drug-likeness (QED) is 0.849. The summed E-state index contributed by atoms with van der Waals surface area (Å²) in [5.41, 5.74) is 7.52. The molecule has 0 saturated carbocycles. The first kappa shape index (κ1) is 12.6. The SMILES string of the molecule is Nc1nc2cc(Cl)c(Cl)cc2n1C1CCC(=O)NC1. The van der Waals surface area contributed by atoms with Gasteiger partial charge in [0.05, 0.1) is 27.1 Å². The number of nitrogens with two attached hydrogens (primary N) is 1. The van der Waals surface area contributed by atoms with Crippen molar-refractivity contribution in [1.82, 2.24) is 14.9 Å². The molecular formula is C12H12Cl2N4O. The Morgan fingerprint density at radius 2 is 2.11 bits per heavy atom. The first-order valence-corrected chi connectivity index (χ1v) is 6.71. The van der Waals surface area contributed by atoms with Crippen LogP contribution in [0.5, 0.6) is 0 Å². The molecular weight excluding hydrogens is 287 g/mol. The van der Waals surface area contributed by atoms with E-state index in [4.69, 9.17) is 28.9 Å². The Balaban J connectivity index is 2.10. The molecule has 100 valence electrons. The van der Waals surface area contributed by atoms with Crippen LogP contribution in [0, 0.1) is 0 Å². The average molecular weight is 299 g/mol. The van der Waals surface area contributed by atoms with Gasteiger partial charge in [0, 0.05) is 13.0 Å². The van der Waals surface area contributed by atoms with Gasteiger partial charge >= 0.3 is 0 Å². The minimum absolute atomic E-state index is 0.0697. The third kappa shape index (κ3) is 2.13. The second kappa shape index (κ2) is 4.58. The summed E-state index contributed by atoms with van der Waals surface area (Å²) < 4.78 is 1.91. The lowest BCUT2D eigenvalue weighted by molar-refractivity contribution is -0.122. The lowest BCUT2D eigenvalue weighted by atomic mass is 10.1. The predicted molar refractivity (Wildman–Crippen MR) is 75.4 cm³/mol. The van der Waals surface area contributed by atoms with Crippen molar-refractivity contribution in [3.05, 3.63) is 22.2 Å². The van der Waals surface area contributed by atoms with Crippen molar-refractivity contribution in [2.45, 2.75) is 18.9 Å². The zero-order chi connectivity index (χ0) is 13.6. The molecule has 1 aromatic heterocycles. The highest BCUT2D eigenvalue weighted by molar-refractivity contribution is 6.42. The number of carbonyl (C=O) groups is 1. The van der Waals surface area contributed by atoms with Crippen LogP contribution >= 0.6 is 23.2 Å². The number of carbonyl (C=O) groups excluding carboxylic acids is 1. The minimum Gasteiger partial charge on any atom is -0.369 e. The maximum absolute atomic E-state index is 11.2. The summed E-state index contributed by atoms with van der Waals surface area (Å²) in [6.07, 6.45) is 1.23. The molecule has 3 rings (SSSR count). The van der Waals surface area contributed by atoms with Crippen molar-refractivity contribution in [2.24, 2.45) is 0 Å². The largest absolute Gasteiger partial charge is 0.369 e. The molecule has 1 fully saturated rings. The van der Waals surface area contributed by atoms with Crippen LogP contribution in [0.2, 0.25) is 10.0 Å². The van der Waals surface area contributed by atoms with Crippen LogP contribution in [0.25, 0.3) is 11.0 Å². The fourth-order valence-electron chi connectivity index (χ4n) is 2.43. The van der Waals surface area contributed by atoms with E-state index in [1.165, 1.54) is 0 Å². The highest BCUT2D eigenvalue weighted by atomic mass is 35.5. The van der Waals surface area contributed by atoms with Crippen LogP contribution in [0.4, 0.5) is 5.95 Å². The molecule has 1 aliphatic rings. The lowest BCUT2D eigenvalue weighted by Crippen LogP contribution is -2.36. The zero-order valence-corrected chi connectivity index (χ0v) is 11.5. The molecule has 1 atom stereocenters. The van der Waals surface area contributed by atoms with Gasteiger partial charge in [-0.1, -0.05) is 23.2 Å². The first-order valence-electron chi connectivity index (χ1n) is 5.95. The molecule has 2 heterocycles. The summed E-state index contributed by atoms with van der Waals surface area (Å²) >= 11 is 12.0. The molecule has 3 N–H and O–H groups in total. The smallest absolute Gasteiger partial charge is 0.220 e. The summed E-state index contributed by atoms with van der Waals surface area (Å²) in [4.78, 5) is 15.5. The summed E-state index contributed by atoms with van der Waals surface area (Å²) in [5, 5.41) is 3.76. The standard InChI is InChI=1S/C12H12Cl2N4O/c13-7-3-9-10(4-8(7)14)18(12(15)17-9)6-1-2-11(19)16-5-6/h3-4,6H,1-2,5H2,(H2,15,17)(H,16,19). The molecule has 1 saturated heterocycles. The Kier molecular flexibility index (Phi) is 3.03. The number of nitrogens with one attached hydrogen (secondary N) is 1. The molecule has 5 nitrogen and oxygen atoms in total. The summed E-state index contributed by atoms with van der Waals surface area (Å²) in [5.74, 6) is 0.481. The number of anilines is 1. The fraction of sp³-hybridized carbons (Fsp3) is 0.333. The van der Waals surface area contributed by atoms with Gasteiger partial charge in [0.2, 0.25) is 11.9 Å². The molecule has 19 heavy (non-hydrogen) atoms. The number of fused-ring (bicyclic) bond motifs is 1. The summed E-state index contributed by atoms with van der Waals surface area (Å²) in [6.45, 7) is 0.550. The molecule has 2 aromatic rings. The van der Waals surface area contributed by atoms with Crippen molar-refractivity contribution >= 4 is 46.1 Å². The monoisotopic (exact) mass is 298 g/mol. The third-order valence-corrected chi connectivity index (χ3v) is 4.09. The molecule has 1 unspecified atom stereocenters. The van der Waals surface area contributed by atoms with Crippen LogP contribution in [0.1, 0.15) is 18.9 Å². The van der Waals surface area contributed by atoms with E-state index >= 15 is 0 Å². The van der Waals surface area contributed by atoms with Crippen LogP contribution in [-0.4, -0.2) is 22.0 Å². The topological polar surface area (TPSA) is 72.9 Å². The van der Waals surface area contributed by atoms with Crippen molar-refractivity contribution in [3.8, 4) is 0 Å². The maximum atomic E-state index is 11.2. The van der Waals surface area contributed by atoms with Gasteiger partial charge in [-0.15, -0.1) is 0 Å². The number of nitrogens with zero attached hydrogens (tertiary/aromatic N) is 2. The van der Waals surface area contributed by atoms with E-state index in [0.717, 1.165) is 11.9 Å². The molecule has 0 bridgehead atoms. The Morgan fingerprint density at radius 1 is 1.37 bits per heavy atom. The van der Waals surface area contributed by atoms with Gasteiger partial charge in [0.15, 0.2) is 0 Å². The number of imidazole rings is 1. The number of benzene rings is 1. The summed E-state index contributed by atoms with van der Waals surface area (Å²) in [7, 11) is 0. The van der Waals surface area contributed by atoms with Gasteiger partial charge in [-0.3, -0.25) is 4.79 Å². The number of piperidine rings is 1. The third-order valence-electron chi connectivity index (χ3n) is 3.36. The molecule has 1 aliphatic heterocycles. The van der Waals surface area contributed by atoms with Crippen molar-refractivity contribution in [2.75, 3.05) is 12.3 Å². The van der Waals surface area contributed by atoms with E-state index in [0.29, 0.717) is 34.5 Å². The van der Waals surface area contributed by atoms with E-state index in [9.17, 15) is 4.79 Å². The highest BCUT2D eigenvalue weighted by Crippen LogP contribution is 2.32. The number of nitrogen functional groups attached to an aromatic ring is 1. The van der Waals surface area contributed by atoms with E-state index in [1.807, 2.05) is 4.57 Å². The van der Waals surface area contributed by atoms with Gasteiger partial charge in [0.1, 0.15) is 0 Å². The van der Waals surface area contributed by atoms with E-state index < -0.39 is 0 Å². The lowest BCUT2D eigenvalue weighted by Gasteiger charge is -2.25. The molecule has 1 aromatic carbocycles. The van der Waals surface area contributed by atoms with E-state index in [2.05, 4.69) is 10.3 Å². The maximum Gasteiger partial charge on any atom is 0.220 e. The van der Waals surface area contributed by atoms with Crippen molar-refractivity contribution < 1.29 is 4.79 Å². The average Bonchev–Trinajstić information content (AvgIpc) is 2.67. The van der Waals surface area contributed by atoms with Gasteiger partial charge in [0.25, 0.3) is 0 Å². The number of amides is 1. The van der Waals surface area contributed by atoms with Crippen LogP contribution in [-0.2, 0) is 4.79 Å². The van der Waals surface area contributed by atoms with Gasteiger partial charge in [-0.05, 0) is 18.6 Å². The number of hydrogen-bond donors (Lipinski definition) is 2. The normalized spacial score (nSPS) is 19.7. The zero-order valence-electron chi connectivity index (χ0n) is 9.99. The van der Waals surface area contributed by atoms with Crippen LogP contribution in [0.15, 0.2) is 12.1 Å². The van der Waals surface area contributed by atoms with E-state index in [-0.39, 0.29) is 11.9 Å². The fourth-order valence-corrected chi connectivity index (χ4v) is 2.75. The van der Waals surface area contributed by atoms with Crippen molar-refractivity contribution in [1.29, 1.82) is 0 Å². The Bertz CT molecular complexity index is 657. The number of aromatic nitrogens is 2. The minimum atomic E-state index is 0.0697. The first-order chi connectivity index (χ1) is 9.06. The van der Waals surface area contributed by atoms with Gasteiger partial charge < -0.3 is 15.6 Å². The van der Waals surface area contributed by atoms with Gasteiger partial charge in [-0.2, -0.15) is 0 Å². The van der Waals surface area contributed by atoms with Gasteiger partial charge in [-0.25, -0.2) is 4.98 Å².